The molecule has 1 saturated heterocycles. The Morgan fingerprint density at radius 3 is 2.46 bits per heavy atom. The average Bonchev–Trinajstić information content (AvgIpc) is 3.55. The Balaban J connectivity index is 1.14. The van der Waals surface area contributed by atoms with Gasteiger partial charge in [0.05, 0.1) is 34.1 Å². The van der Waals surface area contributed by atoms with Crippen molar-refractivity contribution >= 4 is 22.4 Å². The van der Waals surface area contributed by atoms with Crippen LogP contribution in [0.15, 0.2) is 59.8 Å². The van der Waals surface area contributed by atoms with Crippen LogP contribution in [-0.2, 0) is 26.7 Å². The van der Waals surface area contributed by atoms with Gasteiger partial charge in [0.15, 0.2) is 5.52 Å². The van der Waals surface area contributed by atoms with Crippen LogP contribution in [0.25, 0.3) is 32.7 Å². The normalized spacial score (nSPS) is 15.5. The highest BCUT2D eigenvalue weighted by molar-refractivity contribution is 7.15. The predicted molar refractivity (Wildman–Crippen MR) is 158 cm³/mol. The first-order valence-corrected chi connectivity index (χ1v) is 14.4. The molecular weight excluding hydrogens is 541 g/mol. The lowest BCUT2D eigenvalue weighted by Crippen LogP contribution is -2.47. The van der Waals surface area contributed by atoms with Crippen molar-refractivity contribution in [2.75, 3.05) is 13.1 Å². The topological polar surface area (TPSA) is 115 Å². The molecule has 0 amide bonds. The molecule has 0 saturated carbocycles. The maximum absolute atomic E-state index is 14.9. The summed E-state index contributed by atoms with van der Waals surface area (Å²) in [5, 5.41) is 16.8. The van der Waals surface area contributed by atoms with Crippen LogP contribution in [-0.4, -0.2) is 53.0 Å². The molecule has 3 aromatic heterocycles. The zero-order valence-corrected chi connectivity index (χ0v) is 23.9. The summed E-state index contributed by atoms with van der Waals surface area (Å²) in [6.07, 6.45) is 4.18. The molecular formula is C30H32FN7O2S. The third kappa shape index (κ3) is 5.45. The fourth-order valence-corrected chi connectivity index (χ4v) is 6.27. The van der Waals surface area contributed by atoms with Crippen molar-refractivity contribution in [3.63, 3.8) is 0 Å². The lowest BCUT2D eigenvalue weighted by atomic mass is 9.91. The first kappa shape index (κ1) is 27.4. The van der Waals surface area contributed by atoms with Crippen LogP contribution >= 0.6 is 11.3 Å². The standard InChI is InChI=1S/C30H32FN7O2S/c1-19-33-15-25(41-19)22-7-8-23(24(31)13-22)16-37-11-9-30(40,10-12-37)17-38-18-34-26-27(29(38)39)35-36(2)28(26)21-5-3-20(14-32)4-6-21/h3-8,13,15,18,40H,9-12,14,16-17,32H2,1-2H3. The van der Waals surface area contributed by atoms with E-state index in [1.807, 2.05) is 43.3 Å². The minimum absolute atomic E-state index is 0.122. The number of aryl methyl sites for hydroxylation is 2. The number of nitrogens with zero attached hydrogens (tertiary/aromatic N) is 6. The highest BCUT2D eigenvalue weighted by Crippen LogP contribution is 2.30. The number of benzene rings is 2. The Morgan fingerprint density at radius 1 is 1.07 bits per heavy atom. The van der Waals surface area contributed by atoms with Crippen molar-refractivity contribution in [2.45, 2.75) is 45.0 Å². The molecule has 11 heteroatoms. The molecule has 3 N–H and O–H groups in total. The van der Waals surface area contributed by atoms with E-state index in [1.165, 1.54) is 10.9 Å². The molecule has 212 valence electrons. The van der Waals surface area contributed by atoms with Gasteiger partial charge in [-0.2, -0.15) is 5.10 Å². The van der Waals surface area contributed by atoms with E-state index in [1.54, 1.807) is 35.3 Å². The number of nitrogens with two attached hydrogens (primary N) is 1. The van der Waals surface area contributed by atoms with Gasteiger partial charge < -0.3 is 10.8 Å². The Morgan fingerprint density at radius 2 is 1.80 bits per heavy atom. The molecule has 1 aliphatic heterocycles. The predicted octanol–water partition coefficient (Wildman–Crippen LogP) is 3.85. The van der Waals surface area contributed by atoms with Gasteiger partial charge in [-0.1, -0.05) is 36.4 Å². The Kier molecular flexibility index (Phi) is 7.28. The molecule has 4 heterocycles. The summed E-state index contributed by atoms with van der Waals surface area (Å²) in [6, 6.07) is 13.1. The number of hydrogen-bond acceptors (Lipinski definition) is 8. The van der Waals surface area contributed by atoms with E-state index in [0.717, 1.165) is 32.3 Å². The van der Waals surface area contributed by atoms with Gasteiger partial charge in [-0.3, -0.25) is 18.9 Å². The second-order valence-electron chi connectivity index (χ2n) is 10.8. The third-order valence-corrected chi connectivity index (χ3v) is 8.84. The largest absolute Gasteiger partial charge is 0.388 e. The van der Waals surface area contributed by atoms with Gasteiger partial charge in [-0.15, -0.1) is 11.3 Å². The molecule has 1 fully saturated rings. The number of thiazole rings is 1. The van der Waals surface area contributed by atoms with Crippen LogP contribution in [0.5, 0.6) is 0 Å². The summed E-state index contributed by atoms with van der Waals surface area (Å²) in [7, 11) is 1.79. The lowest BCUT2D eigenvalue weighted by molar-refractivity contribution is -0.0366. The number of aliphatic hydroxyl groups is 1. The van der Waals surface area contributed by atoms with Crippen LogP contribution < -0.4 is 11.3 Å². The second-order valence-corrected chi connectivity index (χ2v) is 12.0. The van der Waals surface area contributed by atoms with E-state index in [-0.39, 0.29) is 23.4 Å². The van der Waals surface area contributed by atoms with Gasteiger partial charge in [0.2, 0.25) is 0 Å². The molecule has 2 aromatic carbocycles. The summed E-state index contributed by atoms with van der Waals surface area (Å²) in [5.41, 5.74) is 9.26. The van der Waals surface area contributed by atoms with Crippen molar-refractivity contribution < 1.29 is 9.50 Å². The molecule has 1 aliphatic rings. The quantitative estimate of drug-likeness (QED) is 0.304. The maximum Gasteiger partial charge on any atom is 0.281 e. The van der Waals surface area contributed by atoms with Crippen LogP contribution in [0.3, 0.4) is 0 Å². The van der Waals surface area contributed by atoms with Crippen LogP contribution in [0, 0.1) is 12.7 Å². The number of fused-ring (bicyclic) bond motifs is 1. The number of piperidine rings is 1. The molecule has 0 spiro atoms. The number of aromatic nitrogens is 5. The summed E-state index contributed by atoms with van der Waals surface area (Å²) < 4.78 is 18.0. The van der Waals surface area contributed by atoms with Crippen molar-refractivity contribution in [1.82, 2.24) is 29.2 Å². The lowest BCUT2D eigenvalue weighted by Gasteiger charge is -2.38. The zero-order valence-electron chi connectivity index (χ0n) is 23.0. The number of halogens is 1. The van der Waals surface area contributed by atoms with Gasteiger partial charge >= 0.3 is 0 Å². The van der Waals surface area contributed by atoms with Gasteiger partial charge in [-0.05, 0) is 37.0 Å². The summed E-state index contributed by atoms with van der Waals surface area (Å²) >= 11 is 1.54. The Hall–Kier alpha value is -3.77. The van der Waals surface area contributed by atoms with Crippen LogP contribution in [0.4, 0.5) is 4.39 Å². The molecule has 0 aliphatic carbocycles. The molecule has 0 bridgehead atoms. The molecule has 5 aromatic rings. The Labute approximate surface area is 240 Å². The fraction of sp³-hybridized carbons (Fsp3) is 0.333. The van der Waals surface area contributed by atoms with E-state index in [0.29, 0.717) is 50.1 Å². The van der Waals surface area contributed by atoms with E-state index in [4.69, 9.17) is 5.73 Å². The highest BCUT2D eigenvalue weighted by atomic mass is 32.1. The summed E-state index contributed by atoms with van der Waals surface area (Å²) in [4.78, 5) is 25.3. The van der Waals surface area contributed by atoms with Crippen molar-refractivity contribution in [3.8, 4) is 21.7 Å². The van der Waals surface area contributed by atoms with Crippen LogP contribution in [0.2, 0.25) is 0 Å². The fourth-order valence-electron chi connectivity index (χ4n) is 5.50. The van der Waals surface area contributed by atoms with Crippen LogP contribution in [0.1, 0.15) is 29.0 Å². The van der Waals surface area contributed by atoms with Gasteiger partial charge in [0, 0.05) is 50.6 Å². The second kappa shape index (κ2) is 10.9. The first-order chi connectivity index (χ1) is 19.7. The molecule has 0 radical (unpaired) electrons. The first-order valence-electron chi connectivity index (χ1n) is 13.6. The van der Waals surface area contributed by atoms with Gasteiger partial charge in [-0.25, -0.2) is 14.4 Å². The van der Waals surface area contributed by atoms with Gasteiger partial charge in [0.1, 0.15) is 11.3 Å². The highest BCUT2D eigenvalue weighted by Gasteiger charge is 2.33. The maximum atomic E-state index is 14.9. The minimum Gasteiger partial charge on any atom is -0.388 e. The summed E-state index contributed by atoms with van der Waals surface area (Å²) in [5.74, 6) is -0.245. The molecule has 0 unspecified atom stereocenters. The average molecular weight is 574 g/mol. The SMILES string of the molecule is Cc1ncc(-c2ccc(CN3CCC(O)(Cn4cnc5c(-c6ccc(CN)cc6)n(C)nc5c4=O)CC3)c(F)c2)s1. The smallest absolute Gasteiger partial charge is 0.281 e. The van der Waals surface area contributed by atoms with E-state index in [9.17, 15) is 14.3 Å². The number of likely N-dealkylation sites (tertiary alicyclic amines) is 1. The molecule has 0 atom stereocenters. The number of hydrogen-bond donors (Lipinski definition) is 2. The van der Waals surface area contributed by atoms with Crippen molar-refractivity contribution in [1.29, 1.82) is 0 Å². The third-order valence-electron chi connectivity index (χ3n) is 7.88. The van der Waals surface area contributed by atoms with Gasteiger partial charge in [0.25, 0.3) is 5.56 Å². The Bertz CT molecular complexity index is 1770. The monoisotopic (exact) mass is 573 g/mol. The van der Waals surface area contributed by atoms with E-state index in [2.05, 4.69) is 20.0 Å². The van der Waals surface area contributed by atoms with E-state index >= 15 is 0 Å². The molecule has 41 heavy (non-hydrogen) atoms. The molecule has 9 nitrogen and oxygen atoms in total. The van der Waals surface area contributed by atoms with Crippen molar-refractivity contribution in [3.05, 3.63) is 87.3 Å². The zero-order chi connectivity index (χ0) is 28.7. The van der Waals surface area contributed by atoms with E-state index < -0.39 is 5.60 Å². The van der Waals surface area contributed by atoms with Crippen molar-refractivity contribution in [2.24, 2.45) is 12.8 Å². The minimum atomic E-state index is -1.07. The summed E-state index contributed by atoms with van der Waals surface area (Å²) in [6.45, 7) is 4.14. The number of rotatable bonds is 7. The molecule has 6 rings (SSSR count).